The zero-order valence-corrected chi connectivity index (χ0v) is 16.8. The number of amides is 1. The highest BCUT2D eigenvalue weighted by molar-refractivity contribution is 6.05. The van der Waals surface area contributed by atoms with Gasteiger partial charge in [0.15, 0.2) is 0 Å². The highest BCUT2D eigenvalue weighted by Crippen LogP contribution is 2.34. The Bertz CT molecular complexity index is 1020. The summed E-state index contributed by atoms with van der Waals surface area (Å²) in [6.45, 7) is 2.12. The van der Waals surface area contributed by atoms with E-state index in [0.717, 1.165) is 42.3 Å². The van der Waals surface area contributed by atoms with Crippen LogP contribution in [0.2, 0.25) is 0 Å². The number of hydrogen-bond donors (Lipinski definition) is 2. The van der Waals surface area contributed by atoms with E-state index in [4.69, 9.17) is 9.84 Å². The number of carbonyl (C=O) groups is 1. The largest absolute Gasteiger partial charge is 0.494 e. The van der Waals surface area contributed by atoms with E-state index in [1.165, 1.54) is 0 Å². The van der Waals surface area contributed by atoms with Crippen LogP contribution in [-0.4, -0.2) is 39.5 Å². The van der Waals surface area contributed by atoms with E-state index in [1.54, 1.807) is 13.2 Å². The Labute approximate surface area is 169 Å². The van der Waals surface area contributed by atoms with Crippen LogP contribution in [0.3, 0.4) is 0 Å². The molecule has 152 valence electrons. The molecule has 3 aromatic rings. The average molecular weight is 394 g/mol. The Kier molecular flexibility index (Phi) is 5.49. The number of aliphatic hydroxyl groups is 1. The highest BCUT2D eigenvalue weighted by Gasteiger charge is 2.23. The summed E-state index contributed by atoms with van der Waals surface area (Å²) in [6, 6.07) is 9.44. The van der Waals surface area contributed by atoms with Crippen LogP contribution in [0, 0.1) is 12.8 Å². The first-order valence-electron chi connectivity index (χ1n) is 10.00. The summed E-state index contributed by atoms with van der Waals surface area (Å²) in [6.07, 6.45) is 6.09. The van der Waals surface area contributed by atoms with Crippen molar-refractivity contribution in [3.63, 3.8) is 0 Å². The number of methoxy groups -OCH3 is 1. The third-order valence-electron chi connectivity index (χ3n) is 5.66. The minimum absolute atomic E-state index is 0.268. The second-order valence-electron chi connectivity index (χ2n) is 7.70. The molecule has 0 atom stereocenters. The lowest BCUT2D eigenvalue weighted by molar-refractivity contribution is 0.102. The molecule has 4 rings (SSSR count). The minimum atomic E-state index is -0.277. The summed E-state index contributed by atoms with van der Waals surface area (Å²) < 4.78 is 7.50. The number of aryl methyl sites for hydroxylation is 1. The third kappa shape index (κ3) is 4.10. The fourth-order valence-corrected chi connectivity index (χ4v) is 3.97. The Morgan fingerprint density at radius 3 is 2.76 bits per heavy atom. The number of aromatic nitrogens is 3. The summed E-state index contributed by atoms with van der Waals surface area (Å²) in [5.41, 5.74) is 2.58. The Morgan fingerprint density at radius 2 is 2.07 bits per heavy atom. The van der Waals surface area contributed by atoms with Gasteiger partial charge in [-0.15, -0.1) is 0 Å². The molecule has 1 aliphatic carbocycles. The lowest BCUT2D eigenvalue weighted by atomic mass is 9.87. The van der Waals surface area contributed by atoms with Crippen molar-refractivity contribution in [3.05, 3.63) is 47.9 Å². The Hall–Kier alpha value is -2.93. The van der Waals surface area contributed by atoms with E-state index in [0.29, 0.717) is 29.1 Å². The number of benzene rings is 1. The van der Waals surface area contributed by atoms with Crippen LogP contribution in [0.15, 0.2) is 36.5 Å². The smallest absolute Gasteiger partial charge is 0.274 e. The molecule has 1 aromatic carbocycles. The van der Waals surface area contributed by atoms with E-state index in [9.17, 15) is 9.90 Å². The van der Waals surface area contributed by atoms with Gasteiger partial charge in [-0.1, -0.05) is 6.07 Å². The second kappa shape index (κ2) is 8.21. The van der Waals surface area contributed by atoms with Crippen molar-refractivity contribution in [2.75, 3.05) is 19.0 Å². The number of ether oxygens (including phenoxy) is 1. The quantitative estimate of drug-likeness (QED) is 0.688. The number of pyridine rings is 1. The zero-order valence-electron chi connectivity index (χ0n) is 16.8. The number of anilines is 1. The number of nitrogens with one attached hydrogen (secondary N) is 1. The maximum absolute atomic E-state index is 12.6. The molecular weight excluding hydrogens is 368 g/mol. The van der Waals surface area contributed by atoms with Gasteiger partial charge in [0.1, 0.15) is 11.4 Å². The van der Waals surface area contributed by atoms with Crippen LogP contribution in [0.4, 0.5) is 5.69 Å². The summed E-state index contributed by atoms with van der Waals surface area (Å²) in [5.74, 6) is 0.696. The SMILES string of the molecule is COc1cc2nn(C3CCC(CO)CC3)cc2cc1NC(=O)c1cccc(C)n1. The van der Waals surface area contributed by atoms with Crippen LogP contribution in [0.5, 0.6) is 5.75 Å². The lowest BCUT2D eigenvalue weighted by Gasteiger charge is -2.27. The first-order valence-corrected chi connectivity index (χ1v) is 10.00. The molecule has 0 radical (unpaired) electrons. The molecule has 1 saturated carbocycles. The van der Waals surface area contributed by atoms with Crippen molar-refractivity contribution in [2.24, 2.45) is 5.92 Å². The van der Waals surface area contributed by atoms with Gasteiger partial charge < -0.3 is 15.2 Å². The summed E-state index contributed by atoms with van der Waals surface area (Å²) in [4.78, 5) is 16.9. The van der Waals surface area contributed by atoms with Crippen molar-refractivity contribution in [2.45, 2.75) is 38.6 Å². The predicted molar refractivity (Wildman–Crippen MR) is 111 cm³/mol. The van der Waals surface area contributed by atoms with Crippen molar-refractivity contribution in [3.8, 4) is 5.75 Å². The molecule has 2 aromatic heterocycles. The molecule has 0 saturated heterocycles. The molecule has 7 nitrogen and oxygen atoms in total. The van der Waals surface area contributed by atoms with Crippen molar-refractivity contribution < 1.29 is 14.6 Å². The number of carbonyl (C=O) groups excluding carboxylic acids is 1. The van der Waals surface area contributed by atoms with Crippen molar-refractivity contribution in [1.29, 1.82) is 0 Å². The van der Waals surface area contributed by atoms with Crippen LogP contribution in [0.25, 0.3) is 10.9 Å². The van der Waals surface area contributed by atoms with Gasteiger partial charge in [-0.3, -0.25) is 9.48 Å². The van der Waals surface area contributed by atoms with Crippen molar-refractivity contribution in [1.82, 2.24) is 14.8 Å². The maximum Gasteiger partial charge on any atom is 0.274 e. The Morgan fingerprint density at radius 1 is 1.28 bits per heavy atom. The van der Waals surface area contributed by atoms with Gasteiger partial charge in [-0.05, 0) is 56.7 Å². The monoisotopic (exact) mass is 394 g/mol. The predicted octanol–water partition coefficient (Wildman–Crippen LogP) is 3.72. The van der Waals surface area contributed by atoms with Crippen LogP contribution in [-0.2, 0) is 0 Å². The van der Waals surface area contributed by atoms with Gasteiger partial charge in [-0.2, -0.15) is 5.10 Å². The van der Waals surface area contributed by atoms with Crippen LogP contribution >= 0.6 is 0 Å². The summed E-state index contributed by atoms with van der Waals surface area (Å²) in [7, 11) is 1.58. The summed E-state index contributed by atoms with van der Waals surface area (Å²) >= 11 is 0. The van der Waals surface area contributed by atoms with E-state index in [2.05, 4.69) is 10.3 Å². The number of nitrogens with zero attached hydrogens (tertiary/aromatic N) is 3. The molecule has 29 heavy (non-hydrogen) atoms. The molecule has 1 fully saturated rings. The lowest BCUT2D eigenvalue weighted by Crippen LogP contribution is -2.20. The minimum Gasteiger partial charge on any atom is -0.494 e. The van der Waals surface area contributed by atoms with E-state index in [-0.39, 0.29) is 12.5 Å². The van der Waals surface area contributed by atoms with Crippen LogP contribution < -0.4 is 10.1 Å². The topological polar surface area (TPSA) is 89.3 Å². The molecule has 2 heterocycles. The van der Waals surface area contributed by atoms with Gasteiger partial charge in [0.05, 0.1) is 24.4 Å². The fourth-order valence-electron chi connectivity index (χ4n) is 3.97. The number of rotatable bonds is 5. The normalized spacial score (nSPS) is 19.3. The first kappa shape index (κ1) is 19.4. The highest BCUT2D eigenvalue weighted by atomic mass is 16.5. The van der Waals surface area contributed by atoms with E-state index < -0.39 is 0 Å². The Balaban J connectivity index is 1.59. The third-order valence-corrected chi connectivity index (χ3v) is 5.66. The van der Waals surface area contributed by atoms with Gasteiger partial charge >= 0.3 is 0 Å². The van der Waals surface area contributed by atoms with Crippen LogP contribution in [0.1, 0.15) is 47.9 Å². The van der Waals surface area contributed by atoms with E-state index >= 15 is 0 Å². The molecule has 0 aliphatic heterocycles. The van der Waals surface area contributed by atoms with Gasteiger partial charge in [0.25, 0.3) is 5.91 Å². The van der Waals surface area contributed by atoms with Crippen molar-refractivity contribution >= 4 is 22.5 Å². The molecule has 1 aliphatic rings. The first-order chi connectivity index (χ1) is 14.1. The van der Waals surface area contributed by atoms with Gasteiger partial charge in [0.2, 0.25) is 0 Å². The molecular formula is C22H26N4O3. The molecule has 0 bridgehead atoms. The molecule has 7 heteroatoms. The number of fused-ring (bicyclic) bond motifs is 1. The number of hydrogen-bond acceptors (Lipinski definition) is 5. The second-order valence-corrected chi connectivity index (χ2v) is 7.70. The maximum atomic E-state index is 12.6. The molecule has 2 N–H and O–H groups in total. The summed E-state index contributed by atoms with van der Waals surface area (Å²) in [5, 5.41) is 17.9. The van der Waals surface area contributed by atoms with E-state index in [1.807, 2.05) is 42.1 Å². The average Bonchev–Trinajstić information content (AvgIpc) is 3.16. The zero-order chi connectivity index (χ0) is 20.4. The fraction of sp³-hybridized carbons (Fsp3) is 0.409. The molecule has 1 amide bonds. The molecule has 0 spiro atoms. The standard InChI is InChI=1S/C22H26N4O3/c1-14-4-3-5-18(23-14)22(28)24-20-10-16-12-26(25-19(16)11-21(20)29-2)17-8-6-15(13-27)7-9-17/h3-5,10-12,15,17,27H,6-9,13H2,1-2H3,(H,24,28). The van der Waals surface area contributed by atoms with Gasteiger partial charge in [0, 0.05) is 30.0 Å². The van der Waals surface area contributed by atoms with Gasteiger partial charge in [-0.25, -0.2) is 4.98 Å². The number of aliphatic hydroxyl groups excluding tert-OH is 1. The molecule has 0 unspecified atom stereocenters.